The van der Waals surface area contributed by atoms with Gasteiger partial charge in [0.15, 0.2) is 0 Å². The van der Waals surface area contributed by atoms with Gasteiger partial charge in [-0.05, 0) is 26.3 Å². The lowest BCUT2D eigenvalue weighted by molar-refractivity contribution is -0.157. The molecule has 21 heavy (non-hydrogen) atoms. The maximum atomic E-state index is 11.9. The van der Waals surface area contributed by atoms with E-state index >= 15 is 0 Å². The lowest BCUT2D eigenvalue weighted by atomic mass is 9.85. The Kier molecular flexibility index (Phi) is 6.61. The zero-order chi connectivity index (χ0) is 16.0. The molecule has 3 unspecified atom stereocenters. The van der Waals surface area contributed by atoms with Crippen molar-refractivity contribution in [3.8, 4) is 0 Å². The second kappa shape index (κ2) is 7.97. The maximum Gasteiger partial charge on any atom is 0.308 e. The SMILES string of the molecule is CCCC(C)NC(=O)CN1CCC(C(=O)O)C(C(=O)O)C1. The minimum Gasteiger partial charge on any atom is -0.481 e. The van der Waals surface area contributed by atoms with Crippen molar-refractivity contribution < 1.29 is 24.6 Å². The smallest absolute Gasteiger partial charge is 0.308 e. The van der Waals surface area contributed by atoms with Gasteiger partial charge in [0.05, 0.1) is 18.4 Å². The van der Waals surface area contributed by atoms with Crippen LogP contribution in [-0.2, 0) is 14.4 Å². The topological polar surface area (TPSA) is 107 Å². The number of carboxylic acids is 2. The van der Waals surface area contributed by atoms with E-state index < -0.39 is 23.8 Å². The third-order valence-electron chi connectivity index (χ3n) is 3.83. The monoisotopic (exact) mass is 300 g/mol. The molecule has 0 aromatic rings. The molecule has 0 aliphatic carbocycles. The minimum atomic E-state index is -1.12. The number of amides is 1. The number of nitrogens with one attached hydrogen (secondary N) is 1. The van der Waals surface area contributed by atoms with E-state index in [1.54, 1.807) is 4.90 Å². The molecule has 0 saturated carbocycles. The highest BCUT2D eigenvalue weighted by Crippen LogP contribution is 2.24. The maximum absolute atomic E-state index is 11.9. The summed E-state index contributed by atoms with van der Waals surface area (Å²) in [6.45, 7) is 4.61. The first-order valence-electron chi connectivity index (χ1n) is 7.32. The van der Waals surface area contributed by atoms with Gasteiger partial charge in [0.2, 0.25) is 5.91 Å². The molecule has 0 radical (unpaired) electrons. The summed E-state index contributed by atoms with van der Waals surface area (Å²) < 4.78 is 0. The first-order valence-corrected chi connectivity index (χ1v) is 7.32. The standard InChI is InChI=1S/C14H24N2O5/c1-3-4-9(2)15-12(17)8-16-6-5-10(13(18)19)11(7-16)14(20)21/h9-11H,3-8H2,1-2H3,(H,15,17)(H,18,19)(H,20,21). The molecule has 1 saturated heterocycles. The van der Waals surface area contributed by atoms with Crippen LogP contribution in [0.25, 0.3) is 0 Å². The quantitative estimate of drug-likeness (QED) is 0.628. The number of hydrogen-bond donors (Lipinski definition) is 3. The number of carbonyl (C=O) groups is 3. The number of carbonyl (C=O) groups excluding carboxylic acids is 1. The van der Waals surface area contributed by atoms with Gasteiger partial charge < -0.3 is 15.5 Å². The van der Waals surface area contributed by atoms with Crippen LogP contribution >= 0.6 is 0 Å². The summed E-state index contributed by atoms with van der Waals surface area (Å²) in [5, 5.41) is 21.0. The van der Waals surface area contributed by atoms with Crippen molar-refractivity contribution in [2.24, 2.45) is 11.8 Å². The molecule has 1 fully saturated rings. The Hall–Kier alpha value is -1.63. The van der Waals surface area contributed by atoms with Gasteiger partial charge in [-0.3, -0.25) is 19.3 Å². The van der Waals surface area contributed by atoms with E-state index in [0.717, 1.165) is 12.8 Å². The summed E-state index contributed by atoms with van der Waals surface area (Å²) >= 11 is 0. The number of aliphatic carboxylic acids is 2. The van der Waals surface area contributed by atoms with Gasteiger partial charge in [-0.2, -0.15) is 0 Å². The second-order valence-electron chi connectivity index (χ2n) is 5.67. The van der Waals surface area contributed by atoms with Gasteiger partial charge >= 0.3 is 11.9 Å². The van der Waals surface area contributed by atoms with Crippen LogP contribution in [0.3, 0.4) is 0 Å². The van der Waals surface area contributed by atoms with E-state index in [2.05, 4.69) is 5.32 Å². The summed E-state index contributed by atoms with van der Waals surface area (Å²) in [6.07, 6.45) is 2.13. The Bertz CT molecular complexity index is 399. The number of nitrogens with zero attached hydrogens (tertiary/aromatic N) is 1. The number of likely N-dealkylation sites (tertiary alicyclic amines) is 1. The van der Waals surface area contributed by atoms with Crippen LogP contribution in [0.2, 0.25) is 0 Å². The fraction of sp³-hybridized carbons (Fsp3) is 0.786. The van der Waals surface area contributed by atoms with Crippen LogP contribution in [0, 0.1) is 11.8 Å². The molecule has 0 bridgehead atoms. The molecule has 7 nitrogen and oxygen atoms in total. The molecule has 7 heteroatoms. The fourth-order valence-electron chi connectivity index (χ4n) is 2.74. The minimum absolute atomic E-state index is 0.0920. The van der Waals surface area contributed by atoms with E-state index in [1.807, 2.05) is 13.8 Å². The lowest BCUT2D eigenvalue weighted by Gasteiger charge is -2.34. The van der Waals surface area contributed by atoms with Gasteiger partial charge in [0.1, 0.15) is 0 Å². The Balaban J connectivity index is 2.53. The van der Waals surface area contributed by atoms with E-state index in [1.165, 1.54) is 0 Å². The van der Waals surface area contributed by atoms with Crippen molar-refractivity contribution in [2.75, 3.05) is 19.6 Å². The Labute approximate surface area is 124 Å². The number of hydrogen-bond acceptors (Lipinski definition) is 4. The third-order valence-corrected chi connectivity index (χ3v) is 3.83. The Morgan fingerprint density at radius 2 is 1.86 bits per heavy atom. The molecule has 3 N–H and O–H groups in total. The number of piperidine rings is 1. The highest BCUT2D eigenvalue weighted by Gasteiger charge is 2.39. The first-order chi connectivity index (χ1) is 9.85. The molecule has 1 aliphatic rings. The van der Waals surface area contributed by atoms with Gasteiger partial charge in [-0.15, -0.1) is 0 Å². The first kappa shape index (κ1) is 17.4. The molecule has 0 spiro atoms. The average molecular weight is 300 g/mol. The van der Waals surface area contributed by atoms with E-state index in [0.29, 0.717) is 6.54 Å². The summed E-state index contributed by atoms with van der Waals surface area (Å²) in [7, 11) is 0. The summed E-state index contributed by atoms with van der Waals surface area (Å²) in [5.74, 6) is -4.18. The zero-order valence-corrected chi connectivity index (χ0v) is 12.5. The lowest BCUT2D eigenvalue weighted by Crippen LogP contribution is -2.50. The molecule has 0 aromatic heterocycles. The van der Waals surface area contributed by atoms with Gasteiger partial charge in [0, 0.05) is 12.6 Å². The van der Waals surface area contributed by atoms with Crippen LogP contribution in [0.15, 0.2) is 0 Å². The number of carboxylic acid groups (broad SMARTS) is 2. The zero-order valence-electron chi connectivity index (χ0n) is 12.5. The average Bonchev–Trinajstić information content (AvgIpc) is 2.38. The molecule has 3 atom stereocenters. The Morgan fingerprint density at radius 1 is 1.24 bits per heavy atom. The van der Waals surface area contributed by atoms with Crippen LogP contribution in [0.1, 0.15) is 33.1 Å². The van der Waals surface area contributed by atoms with Crippen molar-refractivity contribution >= 4 is 17.8 Å². The van der Waals surface area contributed by atoms with Gasteiger partial charge in [-0.1, -0.05) is 13.3 Å². The molecular formula is C14H24N2O5. The third kappa shape index (κ3) is 5.34. The fourth-order valence-corrected chi connectivity index (χ4v) is 2.74. The number of rotatable bonds is 7. The molecule has 1 amide bonds. The summed E-state index contributed by atoms with van der Waals surface area (Å²) in [6, 6.07) is 0.0920. The predicted octanol–water partition coefficient (Wildman–Crippen LogP) is 0.399. The van der Waals surface area contributed by atoms with Crippen LogP contribution in [-0.4, -0.2) is 58.6 Å². The molecule has 1 aliphatic heterocycles. The molecule has 1 rings (SSSR count). The van der Waals surface area contributed by atoms with Crippen molar-refractivity contribution in [1.29, 1.82) is 0 Å². The largest absolute Gasteiger partial charge is 0.481 e. The normalized spacial score (nSPS) is 24.3. The van der Waals surface area contributed by atoms with Crippen molar-refractivity contribution in [3.63, 3.8) is 0 Å². The summed E-state index contributed by atoms with van der Waals surface area (Å²) in [5.41, 5.74) is 0. The molecule has 0 aromatic carbocycles. The van der Waals surface area contributed by atoms with Crippen molar-refractivity contribution in [3.05, 3.63) is 0 Å². The Morgan fingerprint density at radius 3 is 2.38 bits per heavy atom. The van der Waals surface area contributed by atoms with E-state index in [-0.39, 0.29) is 31.5 Å². The molecule has 120 valence electrons. The highest BCUT2D eigenvalue weighted by molar-refractivity contribution is 5.81. The van der Waals surface area contributed by atoms with Crippen LogP contribution < -0.4 is 5.32 Å². The van der Waals surface area contributed by atoms with Crippen LogP contribution in [0.5, 0.6) is 0 Å². The van der Waals surface area contributed by atoms with Crippen LogP contribution in [0.4, 0.5) is 0 Å². The molecular weight excluding hydrogens is 276 g/mol. The van der Waals surface area contributed by atoms with E-state index in [9.17, 15) is 14.4 Å². The van der Waals surface area contributed by atoms with Gasteiger partial charge in [-0.25, -0.2) is 0 Å². The summed E-state index contributed by atoms with van der Waals surface area (Å²) in [4.78, 5) is 35.8. The highest BCUT2D eigenvalue weighted by atomic mass is 16.4. The van der Waals surface area contributed by atoms with Gasteiger partial charge in [0.25, 0.3) is 0 Å². The van der Waals surface area contributed by atoms with Crippen molar-refractivity contribution in [2.45, 2.75) is 39.2 Å². The van der Waals surface area contributed by atoms with E-state index in [4.69, 9.17) is 10.2 Å². The second-order valence-corrected chi connectivity index (χ2v) is 5.67. The molecule has 1 heterocycles. The predicted molar refractivity (Wildman–Crippen MR) is 75.8 cm³/mol. The van der Waals surface area contributed by atoms with Crippen molar-refractivity contribution in [1.82, 2.24) is 10.2 Å².